The van der Waals surface area contributed by atoms with Crippen LogP contribution in [0.4, 0.5) is 0 Å². The second-order valence-electron chi connectivity index (χ2n) is 4.43. The summed E-state index contributed by atoms with van der Waals surface area (Å²) in [7, 11) is 1.90. The Morgan fingerprint density at radius 3 is 2.90 bits per heavy atom. The van der Waals surface area contributed by atoms with Gasteiger partial charge in [-0.3, -0.25) is 4.79 Å². The van der Waals surface area contributed by atoms with E-state index in [-0.39, 0.29) is 5.56 Å². The second-order valence-corrected chi connectivity index (χ2v) is 5.44. The third kappa shape index (κ3) is 4.18. The third-order valence-corrected chi connectivity index (χ3v) is 3.50. The first-order chi connectivity index (χ1) is 9.71. The van der Waals surface area contributed by atoms with Crippen LogP contribution in [0.25, 0.3) is 0 Å². The molecule has 0 saturated carbocycles. The first-order valence-corrected chi connectivity index (χ1v) is 7.40. The topological polar surface area (TPSA) is 70.7 Å². The maximum atomic E-state index is 11.6. The molecule has 0 amide bonds. The molecule has 0 aromatic carbocycles. The summed E-state index contributed by atoms with van der Waals surface area (Å²) >= 11 is 1.37. The number of rotatable bonds is 6. The second kappa shape index (κ2) is 7.21. The van der Waals surface area contributed by atoms with Crippen molar-refractivity contribution in [2.24, 2.45) is 0 Å². The van der Waals surface area contributed by atoms with Crippen LogP contribution >= 0.6 is 11.8 Å². The van der Waals surface area contributed by atoms with Gasteiger partial charge in [0.2, 0.25) is 0 Å². The maximum absolute atomic E-state index is 11.6. The molecule has 2 aromatic heterocycles. The van der Waals surface area contributed by atoms with Crippen LogP contribution in [0.2, 0.25) is 0 Å². The van der Waals surface area contributed by atoms with Crippen LogP contribution in [0.1, 0.15) is 24.6 Å². The minimum Gasteiger partial charge on any atom is -0.316 e. The number of hydrogen-bond acceptors (Lipinski definition) is 5. The largest absolute Gasteiger partial charge is 0.316 e. The van der Waals surface area contributed by atoms with Crippen molar-refractivity contribution in [3.63, 3.8) is 0 Å². The molecule has 0 bridgehead atoms. The Kier molecular flexibility index (Phi) is 5.31. The fraction of sp³-hybridized carbons (Fsp3) is 0.357. The Morgan fingerprint density at radius 1 is 1.40 bits per heavy atom. The van der Waals surface area contributed by atoms with Gasteiger partial charge in [0.25, 0.3) is 5.56 Å². The zero-order chi connectivity index (χ0) is 14.4. The Labute approximate surface area is 122 Å². The lowest BCUT2D eigenvalue weighted by molar-refractivity contribution is 0.806. The van der Waals surface area contributed by atoms with Gasteiger partial charge < -0.3 is 10.3 Å². The Bertz CT molecular complexity index is 609. The van der Waals surface area contributed by atoms with E-state index < -0.39 is 0 Å². The molecule has 2 N–H and O–H groups in total. The number of aromatic nitrogens is 3. The van der Waals surface area contributed by atoms with Crippen LogP contribution in [-0.2, 0) is 13.0 Å². The summed E-state index contributed by atoms with van der Waals surface area (Å²) in [5.74, 6) is 0. The molecule has 0 atom stereocenters. The molecule has 0 saturated heterocycles. The lowest BCUT2D eigenvalue weighted by Crippen LogP contribution is -2.10. The quantitative estimate of drug-likeness (QED) is 0.796. The molecule has 0 fully saturated rings. The summed E-state index contributed by atoms with van der Waals surface area (Å²) in [5, 5.41) is 4.49. The monoisotopic (exact) mass is 290 g/mol. The number of H-pyrrole nitrogens is 1. The zero-order valence-electron chi connectivity index (χ0n) is 11.6. The van der Waals surface area contributed by atoms with Gasteiger partial charge in [-0.05, 0) is 36.9 Å². The standard InChI is InChI=1S/C14H18N4OS/c1-3-4-11-7-12(19)18-14(17-11)20-13-6-5-10(8-15-2)9-16-13/h5-7,9,15H,3-4,8H2,1-2H3,(H,17,18,19). The number of pyridine rings is 1. The van der Waals surface area contributed by atoms with E-state index in [0.29, 0.717) is 5.16 Å². The summed E-state index contributed by atoms with van der Waals surface area (Å²) in [5.41, 5.74) is 1.83. The van der Waals surface area contributed by atoms with Gasteiger partial charge in [0.1, 0.15) is 5.03 Å². The zero-order valence-corrected chi connectivity index (χ0v) is 12.5. The minimum atomic E-state index is -0.113. The molecule has 20 heavy (non-hydrogen) atoms. The van der Waals surface area contributed by atoms with Crippen molar-refractivity contribution in [3.8, 4) is 0 Å². The Balaban J connectivity index is 2.14. The first-order valence-electron chi connectivity index (χ1n) is 6.59. The molecule has 0 aliphatic carbocycles. The molecular weight excluding hydrogens is 272 g/mol. The molecule has 0 aliphatic heterocycles. The van der Waals surface area contributed by atoms with Crippen molar-refractivity contribution in [1.82, 2.24) is 20.3 Å². The molecule has 2 aromatic rings. The molecular formula is C14H18N4OS. The predicted molar refractivity (Wildman–Crippen MR) is 80.0 cm³/mol. The molecule has 2 rings (SSSR count). The van der Waals surface area contributed by atoms with Gasteiger partial charge in [-0.2, -0.15) is 0 Å². The Hall–Kier alpha value is -1.66. The van der Waals surface area contributed by atoms with Crippen LogP contribution in [0.3, 0.4) is 0 Å². The molecule has 106 valence electrons. The van der Waals surface area contributed by atoms with E-state index in [9.17, 15) is 4.79 Å². The van der Waals surface area contributed by atoms with E-state index in [2.05, 4.69) is 27.2 Å². The molecule has 5 nitrogen and oxygen atoms in total. The van der Waals surface area contributed by atoms with Gasteiger partial charge in [-0.15, -0.1) is 0 Å². The van der Waals surface area contributed by atoms with Crippen molar-refractivity contribution < 1.29 is 0 Å². The molecule has 0 radical (unpaired) electrons. The minimum absolute atomic E-state index is 0.113. The number of hydrogen-bond donors (Lipinski definition) is 2. The van der Waals surface area contributed by atoms with Crippen LogP contribution in [0, 0.1) is 0 Å². The van der Waals surface area contributed by atoms with Crippen LogP contribution < -0.4 is 10.9 Å². The third-order valence-electron chi connectivity index (χ3n) is 2.66. The van der Waals surface area contributed by atoms with E-state index in [1.165, 1.54) is 11.8 Å². The van der Waals surface area contributed by atoms with E-state index in [4.69, 9.17) is 0 Å². The number of aryl methyl sites for hydroxylation is 1. The lowest BCUT2D eigenvalue weighted by atomic mass is 10.2. The van der Waals surface area contributed by atoms with E-state index in [1.54, 1.807) is 6.07 Å². The molecule has 6 heteroatoms. The molecule has 0 aliphatic rings. The van der Waals surface area contributed by atoms with Gasteiger partial charge in [0.05, 0.1) is 0 Å². The SMILES string of the molecule is CCCc1cc(=O)[nH]c(Sc2ccc(CNC)cn2)n1. The smallest absolute Gasteiger partial charge is 0.251 e. The van der Waals surface area contributed by atoms with Crippen molar-refractivity contribution >= 4 is 11.8 Å². The van der Waals surface area contributed by atoms with Gasteiger partial charge in [0.15, 0.2) is 5.16 Å². The van der Waals surface area contributed by atoms with Crippen LogP contribution in [-0.4, -0.2) is 22.0 Å². The molecule has 0 unspecified atom stereocenters. The van der Waals surface area contributed by atoms with Crippen molar-refractivity contribution in [2.75, 3.05) is 7.05 Å². The van der Waals surface area contributed by atoms with Crippen LogP contribution in [0.15, 0.2) is 39.4 Å². The summed E-state index contributed by atoms with van der Waals surface area (Å²) in [6.45, 7) is 2.86. The predicted octanol–water partition coefficient (Wildman–Crippen LogP) is 1.99. The van der Waals surface area contributed by atoms with E-state index in [0.717, 1.165) is 35.7 Å². The fourth-order valence-electron chi connectivity index (χ4n) is 1.80. The molecule has 2 heterocycles. The van der Waals surface area contributed by atoms with Gasteiger partial charge in [0, 0.05) is 24.5 Å². The van der Waals surface area contributed by atoms with E-state index >= 15 is 0 Å². The summed E-state index contributed by atoms with van der Waals surface area (Å²) in [6.07, 6.45) is 3.61. The lowest BCUT2D eigenvalue weighted by Gasteiger charge is -2.04. The first kappa shape index (κ1) is 14.7. The highest BCUT2D eigenvalue weighted by Gasteiger charge is 2.04. The number of aromatic amines is 1. The average molecular weight is 290 g/mol. The van der Waals surface area contributed by atoms with Gasteiger partial charge in [-0.25, -0.2) is 9.97 Å². The summed E-state index contributed by atoms with van der Waals surface area (Å²) < 4.78 is 0. The number of nitrogens with zero attached hydrogens (tertiary/aromatic N) is 2. The number of nitrogens with one attached hydrogen (secondary N) is 2. The highest BCUT2D eigenvalue weighted by atomic mass is 32.2. The van der Waals surface area contributed by atoms with Gasteiger partial charge in [-0.1, -0.05) is 19.4 Å². The van der Waals surface area contributed by atoms with Crippen LogP contribution in [0.5, 0.6) is 0 Å². The maximum Gasteiger partial charge on any atom is 0.251 e. The molecule has 0 spiro atoms. The van der Waals surface area contributed by atoms with E-state index in [1.807, 2.05) is 25.4 Å². The van der Waals surface area contributed by atoms with Crippen molar-refractivity contribution in [2.45, 2.75) is 36.5 Å². The van der Waals surface area contributed by atoms with Gasteiger partial charge >= 0.3 is 0 Å². The Morgan fingerprint density at radius 2 is 2.25 bits per heavy atom. The highest BCUT2D eigenvalue weighted by Crippen LogP contribution is 2.21. The average Bonchev–Trinajstić information content (AvgIpc) is 2.41. The summed E-state index contributed by atoms with van der Waals surface area (Å²) in [6, 6.07) is 5.50. The highest BCUT2D eigenvalue weighted by molar-refractivity contribution is 7.99. The normalized spacial score (nSPS) is 10.7. The fourth-order valence-corrected chi connectivity index (χ4v) is 2.55. The summed E-state index contributed by atoms with van der Waals surface area (Å²) in [4.78, 5) is 23.1. The van der Waals surface area contributed by atoms with Crippen molar-refractivity contribution in [3.05, 3.63) is 46.0 Å². The van der Waals surface area contributed by atoms with Crippen molar-refractivity contribution in [1.29, 1.82) is 0 Å².